The van der Waals surface area contributed by atoms with Crippen molar-refractivity contribution in [2.24, 2.45) is 5.92 Å². The molecule has 1 aromatic heterocycles. The number of carbonyl (C=O) groups excluding carboxylic acids is 1. The molecule has 0 spiro atoms. The predicted octanol–water partition coefficient (Wildman–Crippen LogP) is 5.27. The molecule has 2 fully saturated rings. The number of pyridine rings is 1. The fourth-order valence-corrected chi connectivity index (χ4v) is 6.82. The molecule has 0 radical (unpaired) electrons. The van der Waals surface area contributed by atoms with Gasteiger partial charge in [-0.05, 0) is 56.0 Å². The molecule has 186 valence electrons. The number of amides is 1. The molecule has 1 aromatic carbocycles. The van der Waals surface area contributed by atoms with Crippen LogP contribution in [0.3, 0.4) is 0 Å². The van der Waals surface area contributed by atoms with E-state index in [0.29, 0.717) is 16.1 Å². The van der Waals surface area contributed by atoms with Gasteiger partial charge in [0.2, 0.25) is 0 Å². The lowest BCUT2D eigenvalue weighted by Crippen LogP contribution is -2.62. The summed E-state index contributed by atoms with van der Waals surface area (Å²) in [6.07, 6.45) is 8.53. The topological polar surface area (TPSA) is 79.7 Å². The lowest BCUT2D eigenvalue weighted by molar-refractivity contribution is -0.893. The van der Waals surface area contributed by atoms with Gasteiger partial charge in [-0.15, -0.1) is 0 Å². The van der Waals surface area contributed by atoms with E-state index in [1.807, 2.05) is 25.3 Å². The second-order valence-electron chi connectivity index (χ2n) is 10.6. The lowest BCUT2D eigenvalue weighted by Gasteiger charge is -2.48. The Balaban J connectivity index is 1.45. The van der Waals surface area contributed by atoms with Gasteiger partial charge in [0, 0.05) is 55.5 Å². The Labute approximate surface area is 207 Å². The standard InChI is InChI=1S/C28H35N3O4/c1-19-17-22(11-14-29-19)30-15-12-23(13-16-30)31(2,27(32)21-5-3-4-6-21)26-10-8-20-7-9-24(18-25(20)26)35-28(33)34/h7,9,11,14,17-18,21,23,26H,3-6,8,10,12-13,15-16H2,1-2H3/p+1/t26-,31?/m1/s1. The number of anilines is 1. The average molecular weight is 479 g/mol. The van der Waals surface area contributed by atoms with E-state index in [1.165, 1.54) is 11.3 Å². The zero-order chi connectivity index (χ0) is 24.6. The normalized spacial score (nSPS) is 22.6. The molecule has 1 unspecified atom stereocenters. The third kappa shape index (κ3) is 4.54. The highest BCUT2D eigenvalue weighted by Gasteiger charge is 2.52. The zero-order valence-corrected chi connectivity index (χ0v) is 20.8. The number of hydrogen-bond donors (Lipinski definition) is 1. The summed E-state index contributed by atoms with van der Waals surface area (Å²) < 4.78 is 5.42. The predicted molar refractivity (Wildman–Crippen MR) is 134 cm³/mol. The minimum absolute atomic E-state index is 0.0372. The Hall–Kier alpha value is -2.93. The van der Waals surface area contributed by atoms with E-state index in [0.717, 1.165) is 75.7 Å². The lowest BCUT2D eigenvalue weighted by atomic mass is 9.91. The molecule has 1 N–H and O–H groups in total. The van der Waals surface area contributed by atoms with Gasteiger partial charge < -0.3 is 14.7 Å². The van der Waals surface area contributed by atoms with Gasteiger partial charge in [-0.1, -0.05) is 18.9 Å². The van der Waals surface area contributed by atoms with Gasteiger partial charge in [0.05, 0.1) is 19.0 Å². The first-order valence-electron chi connectivity index (χ1n) is 13.0. The maximum atomic E-state index is 14.2. The van der Waals surface area contributed by atoms with Crippen LogP contribution in [-0.2, 0) is 11.2 Å². The van der Waals surface area contributed by atoms with Crippen LogP contribution in [0.4, 0.5) is 10.5 Å². The van der Waals surface area contributed by atoms with Gasteiger partial charge in [-0.2, -0.15) is 0 Å². The average Bonchev–Trinajstić information content (AvgIpc) is 3.53. The smallest absolute Gasteiger partial charge is 0.449 e. The van der Waals surface area contributed by atoms with Crippen LogP contribution in [0.1, 0.15) is 67.8 Å². The van der Waals surface area contributed by atoms with E-state index in [2.05, 4.69) is 29.1 Å². The largest absolute Gasteiger partial charge is 0.511 e. The van der Waals surface area contributed by atoms with Crippen LogP contribution in [0.15, 0.2) is 36.5 Å². The van der Waals surface area contributed by atoms with Crippen molar-refractivity contribution in [1.82, 2.24) is 4.98 Å². The maximum absolute atomic E-state index is 14.2. The number of ether oxygens (including phenoxy) is 1. The monoisotopic (exact) mass is 478 g/mol. The number of aromatic nitrogens is 1. The van der Waals surface area contributed by atoms with Crippen LogP contribution in [0.25, 0.3) is 0 Å². The van der Waals surface area contributed by atoms with E-state index in [1.54, 1.807) is 6.07 Å². The van der Waals surface area contributed by atoms with Crippen LogP contribution >= 0.6 is 0 Å². The number of quaternary nitrogens is 1. The number of carbonyl (C=O) groups is 2. The van der Waals surface area contributed by atoms with Crippen LogP contribution in [0.5, 0.6) is 5.75 Å². The molecular weight excluding hydrogens is 442 g/mol. The number of benzene rings is 1. The Morgan fingerprint density at radius 3 is 2.49 bits per heavy atom. The second-order valence-corrected chi connectivity index (χ2v) is 10.6. The van der Waals surface area contributed by atoms with Crippen molar-refractivity contribution < 1.29 is 23.9 Å². The van der Waals surface area contributed by atoms with Crippen molar-refractivity contribution in [3.8, 4) is 5.75 Å². The van der Waals surface area contributed by atoms with Crippen molar-refractivity contribution in [1.29, 1.82) is 0 Å². The zero-order valence-electron chi connectivity index (χ0n) is 20.8. The molecule has 3 aliphatic rings. The fourth-order valence-electron chi connectivity index (χ4n) is 6.82. The number of piperidine rings is 1. The van der Waals surface area contributed by atoms with Gasteiger partial charge in [0.25, 0.3) is 0 Å². The van der Waals surface area contributed by atoms with Gasteiger partial charge in [-0.3, -0.25) is 9.47 Å². The third-order valence-corrected chi connectivity index (χ3v) is 8.66. The molecule has 7 heteroatoms. The number of nitrogens with zero attached hydrogens (tertiary/aromatic N) is 3. The molecule has 7 nitrogen and oxygen atoms in total. The third-order valence-electron chi connectivity index (χ3n) is 8.66. The summed E-state index contributed by atoms with van der Waals surface area (Å²) in [5, 5.41) is 9.12. The van der Waals surface area contributed by atoms with Crippen molar-refractivity contribution >= 4 is 17.7 Å². The van der Waals surface area contributed by atoms with Crippen LogP contribution < -0.4 is 9.64 Å². The Morgan fingerprint density at radius 2 is 1.80 bits per heavy atom. The van der Waals surface area contributed by atoms with E-state index in [9.17, 15) is 9.59 Å². The van der Waals surface area contributed by atoms with E-state index >= 15 is 0 Å². The van der Waals surface area contributed by atoms with E-state index < -0.39 is 6.16 Å². The quantitative estimate of drug-likeness (QED) is 0.358. The summed E-state index contributed by atoms with van der Waals surface area (Å²) in [7, 11) is 2.17. The minimum atomic E-state index is -1.31. The first-order valence-corrected chi connectivity index (χ1v) is 13.0. The fraction of sp³-hybridized carbons (Fsp3) is 0.536. The Morgan fingerprint density at radius 1 is 1.06 bits per heavy atom. The molecule has 2 aromatic rings. The number of aryl methyl sites for hydroxylation is 2. The summed E-state index contributed by atoms with van der Waals surface area (Å²) in [5.41, 5.74) is 4.52. The van der Waals surface area contributed by atoms with Gasteiger partial charge in [-0.25, -0.2) is 9.59 Å². The molecule has 1 saturated carbocycles. The van der Waals surface area contributed by atoms with E-state index in [-0.39, 0.29) is 18.0 Å². The molecule has 2 aliphatic carbocycles. The van der Waals surface area contributed by atoms with Gasteiger partial charge >= 0.3 is 12.1 Å². The molecule has 5 rings (SSSR count). The maximum Gasteiger partial charge on any atom is 0.511 e. The minimum Gasteiger partial charge on any atom is -0.449 e. The number of fused-ring (bicyclic) bond motifs is 1. The first kappa shape index (κ1) is 23.8. The van der Waals surface area contributed by atoms with E-state index in [4.69, 9.17) is 9.84 Å². The Kier molecular flexibility index (Phi) is 6.53. The molecule has 2 atom stereocenters. The molecule has 1 amide bonds. The molecular formula is C28H36N3O4+. The molecule has 1 saturated heterocycles. The van der Waals surface area contributed by atoms with Gasteiger partial charge in [0.15, 0.2) is 0 Å². The number of rotatable bonds is 5. The Bertz CT molecular complexity index is 1110. The van der Waals surface area contributed by atoms with Crippen molar-refractivity contribution in [2.75, 3.05) is 25.0 Å². The number of hydrogen-bond acceptors (Lipinski definition) is 5. The SMILES string of the molecule is Cc1cc(N2CCC([N+](C)(C(=O)C3CCCC3)[C@@H]3CCc4ccc(OC(=O)O)cc43)CC2)ccn1. The van der Waals surface area contributed by atoms with Crippen LogP contribution in [-0.4, -0.2) is 52.8 Å². The van der Waals surface area contributed by atoms with Crippen molar-refractivity contribution in [3.63, 3.8) is 0 Å². The second kappa shape index (κ2) is 9.61. The summed E-state index contributed by atoms with van der Waals surface area (Å²) in [6, 6.07) is 10.1. The van der Waals surface area contributed by atoms with Crippen molar-refractivity contribution in [2.45, 2.75) is 70.4 Å². The summed E-state index contributed by atoms with van der Waals surface area (Å²) in [6.45, 7) is 3.85. The summed E-state index contributed by atoms with van der Waals surface area (Å²) in [5.74, 6) is 0.845. The molecule has 1 aliphatic heterocycles. The first-order chi connectivity index (χ1) is 16.9. The van der Waals surface area contributed by atoms with Gasteiger partial charge in [0.1, 0.15) is 11.8 Å². The van der Waals surface area contributed by atoms with Crippen molar-refractivity contribution in [3.05, 3.63) is 53.3 Å². The molecule has 35 heavy (non-hydrogen) atoms. The highest BCUT2D eigenvalue weighted by molar-refractivity contribution is 5.73. The number of carboxylic acid groups (broad SMARTS) is 1. The van der Waals surface area contributed by atoms with Crippen LogP contribution in [0, 0.1) is 12.8 Å². The molecule has 2 heterocycles. The van der Waals surface area contributed by atoms with Crippen LogP contribution in [0.2, 0.25) is 0 Å². The highest BCUT2D eigenvalue weighted by Crippen LogP contribution is 2.46. The molecule has 0 bridgehead atoms. The summed E-state index contributed by atoms with van der Waals surface area (Å²) >= 11 is 0. The summed E-state index contributed by atoms with van der Waals surface area (Å²) in [4.78, 5) is 32.2. The highest BCUT2D eigenvalue weighted by atomic mass is 16.7.